The van der Waals surface area contributed by atoms with Crippen LogP contribution < -0.4 is 5.32 Å². The van der Waals surface area contributed by atoms with Crippen molar-refractivity contribution in [2.75, 3.05) is 18.4 Å². The lowest BCUT2D eigenvalue weighted by Gasteiger charge is -2.35. The molecule has 0 spiro atoms. The molecule has 120 valence electrons. The SMILES string of the molecule is CC(C)(C)C(=O)N1CCC[C@@H](C(=O)Nc2ccc(Cl)nc2)C1. The van der Waals surface area contributed by atoms with Crippen LogP contribution in [0.4, 0.5) is 5.69 Å². The zero-order chi connectivity index (χ0) is 16.3. The third kappa shape index (κ3) is 4.19. The van der Waals surface area contributed by atoms with Crippen LogP contribution in [0.15, 0.2) is 18.3 Å². The van der Waals surface area contributed by atoms with Crippen LogP contribution in [-0.2, 0) is 9.59 Å². The molecule has 2 amide bonds. The lowest BCUT2D eigenvalue weighted by atomic mass is 9.91. The first kappa shape index (κ1) is 16.7. The Morgan fingerprint density at radius 3 is 2.68 bits per heavy atom. The smallest absolute Gasteiger partial charge is 0.229 e. The molecule has 2 heterocycles. The summed E-state index contributed by atoms with van der Waals surface area (Å²) in [5.41, 5.74) is 0.201. The molecule has 1 aromatic rings. The molecule has 0 aliphatic carbocycles. The van der Waals surface area contributed by atoms with Crippen LogP contribution in [0.5, 0.6) is 0 Å². The molecule has 6 heteroatoms. The van der Waals surface area contributed by atoms with Gasteiger partial charge in [0, 0.05) is 18.5 Å². The first-order valence-electron chi connectivity index (χ1n) is 7.49. The van der Waals surface area contributed by atoms with Crippen molar-refractivity contribution in [3.05, 3.63) is 23.5 Å². The number of aromatic nitrogens is 1. The van der Waals surface area contributed by atoms with Crippen molar-refractivity contribution >= 4 is 29.1 Å². The van der Waals surface area contributed by atoms with Gasteiger partial charge in [-0.15, -0.1) is 0 Å². The Morgan fingerprint density at radius 2 is 2.09 bits per heavy atom. The fraction of sp³-hybridized carbons (Fsp3) is 0.562. The Labute approximate surface area is 136 Å². The summed E-state index contributed by atoms with van der Waals surface area (Å²) in [6.45, 7) is 6.90. The predicted octanol–water partition coefficient (Wildman–Crippen LogP) is 2.96. The van der Waals surface area contributed by atoms with Crippen LogP contribution in [0.2, 0.25) is 5.15 Å². The van der Waals surface area contributed by atoms with Crippen molar-refractivity contribution in [2.45, 2.75) is 33.6 Å². The number of hydrogen-bond donors (Lipinski definition) is 1. The predicted molar refractivity (Wildman–Crippen MR) is 86.6 cm³/mol. The van der Waals surface area contributed by atoms with E-state index in [4.69, 9.17) is 11.6 Å². The van der Waals surface area contributed by atoms with E-state index in [-0.39, 0.29) is 17.7 Å². The number of nitrogens with zero attached hydrogens (tertiary/aromatic N) is 2. The molecule has 1 aliphatic rings. The van der Waals surface area contributed by atoms with Crippen LogP contribution in [0, 0.1) is 11.3 Å². The summed E-state index contributed by atoms with van der Waals surface area (Å²) >= 11 is 5.73. The maximum absolute atomic E-state index is 12.4. The van der Waals surface area contributed by atoms with Crippen LogP contribution in [0.1, 0.15) is 33.6 Å². The van der Waals surface area contributed by atoms with E-state index in [1.54, 1.807) is 17.0 Å². The van der Waals surface area contributed by atoms with Gasteiger partial charge in [0.2, 0.25) is 11.8 Å². The zero-order valence-corrected chi connectivity index (χ0v) is 14.0. The van der Waals surface area contributed by atoms with Crippen LogP contribution in [-0.4, -0.2) is 34.8 Å². The summed E-state index contributed by atoms with van der Waals surface area (Å²) in [7, 11) is 0. The molecule has 22 heavy (non-hydrogen) atoms. The van der Waals surface area contributed by atoms with E-state index >= 15 is 0 Å². The molecule has 1 aromatic heterocycles. The van der Waals surface area contributed by atoms with Gasteiger partial charge in [-0.25, -0.2) is 4.98 Å². The van der Waals surface area contributed by atoms with E-state index in [0.29, 0.717) is 17.4 Å². The fourth-order valence-corrected chi connectivity index (χ4v) is 2.66. The highest BCUT2D eigenvalue weighted by atomic mass is 35.5. The van der Waals surface area contributed by atoms with Gasteiger partial charge in [0.15, 0.2) is 0 Å². The second-order valence-corrected chi connectivity index (χ2v) is 7.09. The number of rotatable bonds is 2. The normalized spacial score (nSPS) is 18.9. The highest BCUT2D eigenvalue weighted by molar-refractivity contribution is 6.29. The minimum atomic E-state index is -0.418. The van der Waals surface area contributed by atoms with Crippen LogP contribution >= 0.6 is 11.6 Å². The van der Waals surface area contributed by atoms with Crippen molar-refractivity contribution in [3.8, 4) is 0 Å². The Bertz CT molecular complexity index is 552. The molecule has 1 saturated heterocycles. The highest BCUT2D eigenvalue weighted by Gasteiger charge is 2.33. The van der Waals surface area contributed by atoms with Crippen LogP contribution in [0.25, 0.3) is 0 Å². The third-order valence-electron chi connectivity index (χ3n) is 3.72. The third-order valence-corrected chi connectivity index (χ3v) is 3.94. The fourth-order valence-electron chi connectivity index (χ4n) is 2.54. The monoisotopic (exact) mass is 323 g/mol. The number of piperidine rings is 1. The summed E-state index contributed by atoms with van der Waals surface area (Å²) < 4.78 is 0. The quantitative estimate of drug-likeness (QED) is 0.851. The van der Waals surface area contributed by atoms with E-state index in [0.717, 1.165) is 19.4 Å². The Kier molecular flexibility index (Phi) is 5.06. The summed E-state index contributed by atoms with van der Waals surface area (Å²) in [5, 5.41) is 3.23. The standard InChI is InChI=1S/C16H22ClN3O2/c1-16(2,3)15(22)20-8-4-5-11(10-20)14(21)19-12-6-7-13(17)18-9-12/h6-7,9,11H,4-5,8,10H2,1-3H3,(H,19,21)/t11-/m1/s1. The summed E-state index contributed by atoms with van der Waals surface area (Å²) in [6, 6.07) is 3.35. The Morgan fingerprint density at radius 1 is 1.36 bits per heavy atom. The summed E-state index contributed by atoms with van der Waals surface area (Å²) in [5.74, 6) is -0.163. The molecule has 0 saturated carbocycles. The second kappa shape index (κ2) is 6.65. The van der Waals surface area contributed by atoms with Gasteiger partial charge < -0.3 is 10.2 Å². The number of halogens is 1. The second-order valence-electron chi connectivity index (χ2n) is 6.70. The Balaban J connectivity index is 1.98. The molecule has 1 fully saturated rings. The molecule has 5 nitrogen and oxygen atoms in total. The first-order chi connectivity index (χ1) is 10.3. The van der Waals surface area contributed by atoms with Gasteiger partial charge in [-0.2, -0.15) is 0 Å². The molecule has 1 N–H and O–H groups in total. The number of carbonyl (C=O) groups is 2. The first-order valence-corrected chi connectivity index (χ1v) is 7.87. The molecule has 0 bridgehead atoms. The molecule has 1 atom stereocenters. The average Bonchev–Trinajstić information content (AvgIpc) is 2.48. The summed E-state index contributed by atoms with van der Waals surface area (Å²) in [4.78, 5) is 30.5. The van der Waals surface area contributed by atoms with E-state index < -0.39 is 5.41 Å². The van der Waals surface area contributed by atoms with Crippen molar-refractivity contribution in [1.29, 1.82) is 0 Å². The number of anilines is 1. The zero-order valence-electron chi connectivity index (χ0n) is 13.2. The number of nitrogens with one attached hydrogen (secondary N) is 1. The van der Waals surface area contributed by atoms with Gasteiger partial charge in [0.05, 0.1) is 17.8 Å². The van der Waals surface area contributed by atoms with Gasteiger partial charge in [0.25, 0.3) is 0 Å². The van der Waals surface area contributed by atoms with Crippen molar-refractivity contribution in [2.24, 2.45) is 11.3 Å². The number of hydrogen-bond acceptors (Lipinski definition) is 3. The van der Waals surface area contributed by atoms with E-state index in [1.807, 2.05) is 20.8 Å². The molecule has 0 aromatic carbocycles. The van der Waals surface area contributed by atoms with Gasteiger partial charge in [0.1, 0.15) is 5.15 Å². The topological polar surface area (TPSA) is 62.3 Å². The molecule has 0 unspecified atom stereocenters. The lowest BCUT2D eigenvalue weighted by Crippen LogP contribution is -2.47. The van der Waals surface area contributed by atoms with Gasteiger partial charge >= 0.3 is 0 Å². The maximum Gasteiger partial charge on any atom is 0.229 e. The van der Waals surface area contributed by atoms with Crippen molar-refractivity contribution < 1.29 is 9.59 Å². The number of amides is 2. The molecule has 1 aliphatic heterocycles. The lowest BCUT2D eigenvalue weighted by molar-refractivity contribution is -0.142. The van der Waals surface area contributed by atoms with E-state index in [2.05, 4.69) is 10.3 Å². The van der Waals surface area contributed by atoms with E-state index in [1.165, 1.54) is 6.20 Å². The molecular formula is C16H22ClN3O2. The van der Waals surface area contributed by atoms with Gasteiger partial charge in [-0.05, 0) is 25.0 Å². The average molecular weight is 324 g/mol. The van der Waals surface area contributed by atoms with Crippen LogP contribution in [0.3, 0.4) is 0 Å². The molecule has 0 radical (unpaired) electrons. The number of likely N-dealkylation sites (tertiary alicyclic amines) is 1. The molecule has 2 rings (SSSR count). The number of pyridine rings is 1. The van der Waals surface area contributed by atoms with Gasteiger partial charge in [-0.1, -0.05) is 32.4 Å². The van der Waals surface area contributed by atoms with E-state index in [9.17, 15) is 9.59 Å². The van der Waals surface area contributed by atoms with Gasteiger partial charge in [-0.3, -0.25) is 9.59 Å². The summed E-state index contributed by atoms with van der Waals surface area (Å²) in [6.07, 6.45) is 3.17. The Hall–Kier alpha value is -1.62. The van der Waals surface area contributed by atoms with Crippen molar-refractivity contribution in [3.63, 3.8) is 0 Å². The minimum Gasteiger partial charge on any atom is -0.341 e. The highest BCUT2D eigenvalue weighted by Crippen LogP contribution is 2.24. The number of carbonyl (C=O) groups excluding carboxylic acids is 2. The maximum atomic E-state index is 12.4. The minimum absolute atomic E-state index is 0.0736. The van der Waals surface area contributed by atoms with Crippen molar-refractivity contribution in [1.82, 2.24) is 9.88 Å². The molecular weight excluding hydrogens is 302 g/mol. The largest absolute Gasteiger partial charge is 0.341 e.